The van der Waals surface area contributed by atoms with Crippen molar-refractivity contribution in [2.75, 3.05) is 18.0 Å². The molecule has 33 heavy (non-hydrogen) atoms. The molecule has 1 saturated heterocycles. The summed E-state index contributed by atoms with van der Waals surface area (Å²) in [6, 6.07) is 8.90. The number of nitrogens with zero attached hydrogens (tertiary/aromatic N) is 4. The molecule has 1 N–H and O–H groups in total. The van der Waals surface area contributed by atoms with Gasteiger partial charge in [-0.05, 0) is 67.9 Å². The van der Waals surface area contributed by atoms with E-state index in [0.717, 1.165) is 43.1 Å². The summed E-state index contributed by atoms with van der Waals surface area (Å²) in [7, 11) is 0. The van der Waals surface area contributed by atoms with Crippen LogP contribution < -0.4 is 4.90 Å². The number of anilines is 1. The summed E-state index contributed by atoms with van der Waals surface area (Å²) in [4.78, 5) is 17.6. The summed E-state index contributed by atoms with van der Waals surface area (Å²) in [6.45, 7) is 1.75. The van der Waals surface area contributed by atoms with Crippen LogP contribution in [-0.4, -0.2) is 38.9 Å². The Kier molecular flexibility index (Phi) is 6.13. The van der Waals surface area contributed by atoms with Crippen molar-refractivity contribution in [3.63, 3.8) is 0 Å². The van der Waals surface area contributed by atoms with Crippen molar-refractivity contribution >= 4 is 41.1 Å². The number of pyridine rings is 1. The van der Waals surface area contributed by atoms with E-state index in [1.165, 1.54) is 24.6 Å². The number of piperidine rings is 1. The smallest absolute Gasteiger partial charge is 0.337 e. The number of halogens is 2. The van der Waals surface area contributed by atoms with Crippen LogP contribution in [0.2, 0.25) is 10.0 Å². The van der Waals surface area contributed by atoms with Gasteiger partial charge in [-0.1, -0.05) is 35.3 Å². The minimum atomic E-state index is -0.958. The second-order valence-electron chi connectivity index (χ2n) is 8.64. The quantitative estimate of drug-likeness (QED) is 0.460. The number of carbonyl (C=O) groups is 1. The molecular formula is C25H24Cl2N4O2. The minimum absolute atomic E-state index is 0.207. The molecule has 2 fully saturated rings. The fourth-order valence-electron chi connectivity index (χ4n) is 4.36. The topological polar surface area (TPSA) is 71.2 Å². The van der Waals surface area contributed by atoms with Gasteiger partial charge in [0, 0.05) is 24.8 Å². The summed E-state index contributed by atoms with van der Waals surface area (Å²) < 4.78 is 1.87. The summed E-state index contributed by atoms with van der Waals surface area (Å²) in [5.74, 6) is 0.865. The van der Waals surface area contributed by atoms with Gasteiger partial charge in [0.25, 0.3) is 0 Å². The maximum absolute atomic E-state index is 11.0. The van der Waals surface area contributed by atoms with Gasteiger partial charge in [-0.3, -0.25) is 0 Å². The summed E-state index contributed by atoms with van der Waals surface area (Å²) >= 11 is 13.0. The molecule has 0 unspecified atom stereocenters. The van der Waals surface area contributed by atoms with Gasteiger partial charge in [-0.25, -0.2) is 14.5 Å². The zero-order valence-electron chi connectivity index (χ0n) is 18.0. The lowest BCUT2D eigenvalue weighted by molar-refractivity contribution is 0.0696. The van der Waals surface area contributed by atoms with E-state index in [9.17, 15) is 4.79 Å². The van der Waals surface area contributed by atoms with Crippen LogP contribution in [0.3, 0.4) is 0 Å². The molecule has 5 rings (SSSR count). The first-order chi connectivity index (χ1) is 16.0. The number of para-hydroxylation sites is 1. The van der Waals surface area contributed by atoms with E-state index in [1.54, 1.807) is 12.1 Å². The predicted octanol–water partition coefficient (Wildman–Crippen LogP) is 6.08. The first-order valence-corrected chi connectivity index (χ1v) is 11.9. The molecule has 2 aliphatic rings. The Hall–Kier alpha value is -2.83. The number of hydrogen-bond donors (Lipinski definition) is 1. The number of aromatic nitrogens is 3. The van der Waals surface area contributed by atoms with Gasteiger partial charge in [0.2, 0.25) is 0 Å². The number of carboxylic acids is 1. The third-order valence-corrected chi connectivity index (χ3v) is 7.00. The zero-order valence-corrected chi connectivity index (χ0v) is 19.5. The lowest BCUT2D eigenvalue weighted by Gasteiger charge is -2.31. The normalized spacial score (nSPS) is 17.1. The Balaban J connectivity index is 1.32. The number of benzene rings is 1. The average Bonchev–Trinajstić information content (AvgIpc) is 3.58. The predicted molar refractivity (Wildman–Crippen MR) is 131 cm³/mol. The number of carboxylic acid groups (broad SMARTS) is 1. The van der Waals surface area contributed by atoms with Crippen LogP contribution in [0.4, 0.5) is 5.82 Å². The van der Waals surface area contributed by atoms with E-state index in [4.69, 9.17) is 28.3 Å². The molecular weight excluding hydrogens is 459 g/mol. The van der Waals surface area contributed by atoms with Crippen LogP contribution in [0.15, 0.2) is 48.8 Å². The van der Waals surface area contributed by atoms with Crippen molar-refractivity contribution in [2.45, 2.75) is 31.6 Å². The molecule has 8 heteroatoms. The van der Waals surface area contributed by atoms with Gasteiger partial charge >= 0.3 is 5.97 Å². The Bertz CT molecular complexity index is 1170. The van der Waals surface area contributed by atoms with Gasteiger partial charge in [-0.15, -0.1) is 0 Å². The fraction of sp³-hybridized carbons (Fsp3) is 0.320. The van der Waals surface area contributed by atoms with Gasteiger partial charge < -0.3 is 10.0 Å². The van der Waals surface area contributed by atoms with Gasteiger partial charge in [0.05, 0.1) is 27.5 Å². The van der Waals surface area contributed by atoms with E-state index in [-0.39, 0.29) is 5.56 Å². The van der Waals surface area contributed by atoms with Gasteiger partial charge in [0.1, 0.15) is 11.5 Å². The van der Waals surface area contributed by atoms with Crippen molar-refractivity contribution in [1.82, 2.24) is 14.8 Å². The van der Waals surface area contributed by atoms with Crippen LogP contribution in [0.25, 0.3) is 11.8 Å². The van der Waals surface area contributed by atoms with Crippen LogP contribution in [0.5, 0.6) is 0 Å². The third kappa shape index (κ3) is 4.63. The first-order valence-electron chi connectivity index (χ1n) is 11.2. The summed E-state index contributed by atoms with van der Waals surface area (Å²) in [5.41, 5.74) is 3.24. The molecule has 1 saturated carbocycles. The lowest BCUT2D eigenvalue weighted by Crippen LogP contribution is -2.33. The highest BCUT2D eigenvalue weighted by Crippen LogP contribution is 2.43. The Morgan fingerprint density at radius 1 is 1.03 bits per heavy atom. The van der Waals surface area contributed by atoms with E-state index in [1.807, 2.05) is 29.1 Å². The van der Waals surface area contributed by atoms with Crippen molar-refractivity contribution in [3.8, 4) is 5.69 Å². The molecule has 0 radical (unpaired) electrons. The average molecular weight is 483 g/mol. The van der Waals surface area contributed by atoms with Gasteiger partial charge in [-0.2, -0.15) is 5.10 Å². The molecule has 6 nitrogen and oxygen atoms in total. The molecule has 1 aliphatic carbocycles. The van der Waals surface area contributed by atoms with Crippen LogP contribution in [0, 0.1) is 5.92 Å². The molecule has 0 bridgehead atoms. The van der Waals surface area contributed by atoms with Crippen molar-refractivity contribution in [3.05, 3.63) is 75.7 Å². The van der Waals surface area contributed by atoms with Crippen molar-refractivity contribution in [1.29, 1.82) is 0 Å². The van der Waals surface area contributed by atoms with E-state index >= 15 is 0 Å². The number of hydrogen-bond acceptors (Lipinski definition) is 4. The zero-order chi connectivity index (χ0) is 22.9. The molecule has 0 spiro atoms. The first kappa shape index (κ1) is 22.0. The fourth-order valence-corrected chi connectivity index (χ4v) is 4.92. The number of aromatic carboxylic acids is 1. The number of rotatable bonds is 6. The Labute approximate surface area is 202 Å². The van der Waals surface area contributed by atoms with Crippen LogP contribution in [-0.2, 0) is 0 Å². The molecule has 2 aromatic heterocycles. The molecule has 3 heterocycles. The molecule has 1 aromatic carbocycles. The van der Waals surface area contributed by atoms with Gasteiger partial charge in [0.15, 0.2) is 0 Å². The Morgan fingerprint density at radius 2 is 1.76 bits per heavy atom. The molecule has 170 valence electrons. The monoisotopic (exact) mass is 482 g/mol. The highest BCUT2D eigenvalue weighted by molar-refractivity contribution is 6.37. The maximum atomic E-state index is 11.0. The Morgan fingerprint density at radius 3 is 2.36 bits per heavy atom. The second-order valence-corrected chi connectivity index (χ2v) is 9.45. The molecule has 1 aliphatic heterocycles. The summed E-state index contributed by atoms with van der Waals surface area (Å²) in [5, 5.41) is 14.9. The largest absolute Gasteiger partial charge is 0.478 e. The highest BCUT2D eigenvalue weighted by Gasteiger charge is 2.29. The molecule has 3 aromatic rings. The molecule has 0 atom stereocenters. The second kappa shape index (κ2) is 9.20. The minimum Gasteiger partial charge on any atom is -0.478 e. The maximum Gasteiger partial charge on any atom is 0.337 e. The highest BCUT2D eigenvalue weighted by atomic mass is 35.5. The van der Waals surface area contributed by atoms with E-state index < -0.39 is 5.97 Å². The standard InChI is InChI=1S/C25H24Cl2N4O2/c26-20-2-1-3-21(27)24(20)31-22(19(15-29-31)17-5-6-17)8-4-16-10-12-30(13-11-16)23-9-7-18(14-28-23)25(32)33/h1-4,7-9,14-17H,5-6,10-13H2,(H,32,33)/b8-4+. The van der Waals surface area contributed by atoms with E-state index in [2.05, 4.69) is 27.1 Å². The summed E-state index contributed by atoms with van der Waals surface area (Å²) in [6.07, 6.45) is 12.2. The van der Waals surface area contributed by atoms with Crippen molar-refractivity contribution < 1.29 is 9.90 Å². The third-order valence-electron chi connectivity index (χ3n) is 6.39. The van der Waals surface area contributed by atoms with E-state index in [0.29, 0.717) is 21.9 Å². The molecule has 0 amide bonds. The van der Waals surface area contributed by atoms with Crippen LogP contribution >= 0.6 is 23.2 Å². The van der Waals surface area contributed by atoms with Crippen molar-refractivity contribution in [2.24, 2.45) is 5.92 Å². The lowest BCUT2D eigenvalue weighted by atomic mass is 9.95. The number of allylic oxidation sites excluding steroid dienone is 1. The SMILES string of the molecule is O=C(O)c1ccc(N2CCC(/C=C/c3c(C4CC4)cnn3-c3c(Cl)cccc3Cl)CC2)nc1. The van der Waals surface area contributed by atoms with Crippen LogP contribution in [0.1, 0.15) is 53.2 Å².